The number of hydrogen-bond donors (Lipinski definition) is 3. The molecule has 0 saturated carbocycles. The van der Waals surface area contributed by atoms with Crippen molar-refractivity contribution >= 4 is 15.7 Å². The van der Waals surface area contributed by atoms with Crippen LogP contribution in [0.4, 0.5) is 5.69 Å². The highest BCUT2D eigenvalue weighted by atomic mass is 32.2. The maximum Gasteiger partial charge on any atom is 0.240 e. The Labute approximate surface area is 108 Å². The molecule has 2 rings (SSSR count). The molecule has 1 atom stereocenters. The first-order valence-electron chi connectivity index (χ1n) is 5.98. The quantitative estimate of drug-likeness (QED) is 0.755. The number of benzene rings is 1. The fourth-order valence-electron chi connectivity index (χ4n) is 2.11. The van der Waals surface area contributed by atoms with Gasteiger partial charge in [-0.2, -0.15) is 0 Å². The van der Waals surface area contributed by atoms with Crippen LogP contribution in [0.1, 0.15) is 13.3 Å². The zero-order valence-corrected chi connectivity index (χ0v) is 11.5. The largest absolute Gasteiger partial charge is 0.379 e. The van der Waals surface area contributed by atoms with Crippen molar-refractivity contribution in [2.45, 2.75) is 23.8 Å². The van der Waals surface area contributed by atoms with Crippen molar-refractivity contribution in [3.05, 3.63) is 24.3 Å². The third kappa shape index (κ3) is 2.82. The van der Waals surface area contributed by atoms with E-state index < -0.39 is 10.0 Å². The van der Waals surface area contributed by atoms with Gasteiger partial charge in [-0.15, -0.1) is 0 Å². The monoisotopic (exact) mass is 269 g/mol. The molecule has 1 aliphatic heterocycles. The third-order valence-electron chi connectivity index (χ3n) is 3.25. The molecule has 1 aromatic rings. The molecule has 1 unspecified atom stereocenters. The van der Waals surface area contributed by atoms with Gasteiger partial charge in [0, 0.05) is 17.8 Å². The molecule has 0 aliphatic carbocycles. The van der Waals surface area contributed by atoms with E-state index in [1.54, 1.807) is 24.3 Å². The van der Waals surface area contributed by atoms with E-state index in [0.717, 1.165) is 25.2 Å². The minimum absolute atomic E-state index is 0.0450. The van der Waals surface area contributed by atoms with Crippen LogP contribution in [0.2, 0.25) is 0 Å². The number of hydrogen-bond acceptors (Lipinski definition) is 4. The smallest absolute Gasteiger partial charge is 0.240 e. The van der Waals surface area contributed by atoms with Crippen molar-refractivity contribution in [3.63, 3.8) is 0 Å². The van der Waals surface area contributed by atoms with E-state index in [-0.39, 0.29) is 10.4 Å². The molecule has 5 nitrogen and oxygen atoms in total. The molecule has 0 radical (unpaired) electrons. The van der Waals surface area contributed by atoms with Crippen LogP contribution in [0.3, 0.4) is 0 Å². The zero-order chi connectivity index (χ0) is 13.2. The van der Waals surface area contributed by atoms with Crippen LogP contribution >= 0.6 is 0 Å². The Balaban J connectivity index is 2.13. The Morgan fingerprint density at radius 1 is 1.28 bits per heavy atom. The topological polar surface area (TPSA) is 70.2 Å². The van der Waals surface area contributed by atoms with Crippen molar-refractivity contribution in [1.82, 2.24) is 10.0 Å². The van der Waals surface area contributed by atoms with Gasteiger partial charge >= 0.3 is 0 Å². The molecule has 0 amide bonds. The fourth-order valence-corrected chi connectivity index (χ4v) is 2.84. The Morgan fingerprint density at radius 3 is 2.44 bits per heavy atom. The van der Waals surface area contributed by atoms with Gasteiger partial charge in [-0.1, -0.05) is 0 Å². The van der Waals surface area contributed by atoms with E-state index in [1.807, 2.05) is 0 Å². The standard InChI is InChI=1S/C12H19N3O2S/c1-12(7-8-14-9-12)15-10-3-5-11(6-4-10)18(16,17)13-2/h3-6,13-15H,7-9H2,1-2H3. The van der Waals surface area contributed by atoms with Crippen LogP contribution in [0.5, 0.6) is 0 Å². The molecule has 1 heterocycles. The molecule has 0 aromatic heterocycles. The summed E-state index contributed by atoms with van der Waals surface area (Å²) in [6.07, 6.45) is 1.06. The van der Waals surface area contributed by atoms with Crippen LogP contribution in [0.25, 0.3) is 0 Å². The molecule has 0 bridgehead atoms. The number of nitrogens with one attached hydrogen (secondary N) is 3. The van der Waals surface area contributed by atoms with E-state index in [1.165, 1.54) is 7.05 Å². The number of sulfonamides is 1. The fraction of sp³-hybridized carbons (Fsp3) is 0.500. The molecule has 6 heteroatoms. The minimum Gasteiger partial charge on any atom is -0.379 e. The molecule has 18 heavy (non-hydrogen) atoms. The summed E-state index contributed by atoms with van der Waals surface area (Å²) in [6, 6.07) is 6.82. The van der Waals surface area contributed by atoms with E-state index in [4.69, 9.17) is 0 Å². The summed E-state index contributed by atoms with van der Waals surface area (Å²) in [5.74, 6) is 0. The molecule has 1 aromatic carbocycles. The summed E-state index contributed by atoms with van der Waals surface area (Å²) in [5, 5.41) is 6.75. The first-order valence-corrected chi connectivity index (χ1v) is 7.46. The van der Waals surface area contributed by atoms with Crippen molar-refractivity contribution in [2.24, 2.45) is 0 Å². The highest BCUT2D eigenvalue weighted by Gasteiger charge is 2.27. The van der Waals surface area contributed by atoms with Gasteiger partial charge in [0.15, 0.2) is 0 Å². The summed E-state index contributed by atoms with van der Waals surface area (Å²) in [5.41, 5.74) is 0.986. The Hall–Kier alpha value is -1.11. The van der Waals surface area contributed by atoms with Gasteiger partial charge in [-0.05, 0) is 51.2 Å². The molecule has 0 spiro atoms. The van der Waals surface area contributed by atoms with E-state index in [2.05, 4.69) is 22.3 Å². The number of anilines is 1. The molecule has 1 saturated heterocycles. The Kier molecular flexibility index (Phi) is 3.61. The summed E-state index contributed by atoms with van der Waals surface area (Å²) in [7, 11) is -1.94. The van der Waals surface area contributed by atoms with Crippen molar-refractivity contribution in [2.75, 3.05) is 25.5 Å². The Bertz CT molecular complexity index is 505. The Morgan fingerprint density at radius 2 is 1.94 bits per heavy atom. The predicted molar refractivity (Wildman–Crippen MR) is 72.2 cm³/mol. The lowest BCUT2D eigenvalue weighted by atomic mass is 10.0. The number of rotatable bonds is 4. The second-order valence-electron chi connectivity index (χ2n) is 4.84. The maximum atomic E-state index is 11.6. The average molecular weight is 269 g/mol. The van der Waals surface area contributed by atoms with Crippen molar-refractivity contribution in [1.29, 1.82) is 0 Å². The molecule has 3 N–H and O–H groups in total. The minimum atomic E-state index is -3.35. The van der Waals surface area contributed by atoms with E-state index in [9.17, 15) is 8.42 Å². The zero-order valence-electron chi connectivity index (χ0n) is 10.7. The van der Waals surface area contributed by atoms with Gasteiger partial charge in [0.05, 0.1) is 4.90 Å². The lowest BCUT2D eigenvalue weighted by Gasteiger charge is -2.26. The lowest BCUT2D eigenvalue weighted by Crippen LogP contribution is -2.36. The van der Waals surface area contributed by atoms with Gasteiger partial charge in [0.2, 0.25) is 10.0 Å². The SMILES string of the molecule is CNS(=O)(=O)c1ccc(NC2(C)CCNC2)cc1. The highest BCUT2D eigenvalue weighted by Crippen LogP contribution is 2.22. The van der Waals surface area contributed by atoms with Gasteiger partial charge in [-0.25, -0.2) is 13.1 Å². The lowest BCUT2D eigenvalue weighted by molar-refractivity contribution is 0.567. The molecule has 1 fully saturated rings. The van der Waals surface area contributed by atoms with E-state index in [0.29, 0.717) is 0 Å². The van der Waals surface area contributed by atoms with Crippen LogP contribution in [0, 0.1) is 0 Å². The maximum absolute atomic E-state index is 11.6. The molecular weight excluding hydrogens is 250 g/mol. The summed E-state index contributed by atoms with van der Waals surface area (Å²) in [6.45, 7) is 4.09. The normalized spacial score (nSPS) is 24.1. The average Bonchev–Trinajstić information content (AvgIpc) is 2.76. The van der Waals surface area contributed by atoms with Crippen molar-refractivity contribution < 1.29 is 8.42 Å². The second-order valence-corrected chi connectivity index (χ2v) is 6.73. The van der Waals surface area contributed by atoms with Gasteiger partial charge in [-0.3, -0.25) is 0 Å². The highest BCUT2D eigenvalue weighted by molar-refractivity contribution is 7.89. The first-order chi connectivity index (χ1) is 8.45. The summed E-state index contributed by atoms with van der Waals surface area (Å²) >= 11 is 0. The first kappa shape index (κ1) is 13.3. The van der Waals surface area contributed by atoms with Gasteiger partial charge < -0.3 is 10.6 Å². The summed E-state index contributed by atoms with van der Waals surface area (Å²) < 4.78 is 25.5. The third-order valence-corrected chi connectivity index (χ3v) is 4.68. The van der Waals surface area contributed by atoms with Gasteiger partial charge in [0.25, 0.3) is 0 Å². The van der Waals surface area contributed by atoms with E-state index >= 15 is 0 Å². The van der Waals surface area contributed by atoms with Crippen LogP contribution in [-0.4, -0.2) is 34.1 Å². The van der Waals surface area contributed by atoms with Gasteiger partial charge in [0.1, 0.15) is 0 Å². The second kappa shape index (κ2) is 4.87. The molecule has 1 aliphatic rings. The van der Waals surface area contributed by atoms with Crippen LogP contribution in [-0.2, 0) is 10.0 Å². The van der Waals surface area contributed by atoms with Crippen molar-refractivity contribution in [3.8, 4) is 0 Å². The summed E-state index contributed by atoms with van der Waals surface area (Å²) in [4.78, 5) is 0.283. The van der Waals surface area contributed by atoms with Crippen LogP contribution in [0.15, 0.2) is 29.2 Å². The molecular formula is C12H19N3O2S. The predicted octanol–water partition coefficient (Wildman–Crippen LogP) is 0.759. The molecule has 100 valence electrons. The van der Waals surface area contributed by atoms with Crippen LogP contribution < -0.4 is 15.4 Å².